The summed E-state index contributed by atoms with van der Waals surface area (Å²) in [6.07, 6.45) is 5.51. The minimum atomic E-state index is -0.408. The predicted molar refractivity (Wildman–Crippen MR) is 41.2 cm³/mol. The van der Waals surface area contributed by atoms with Crippen LogP contribution in [0.15, 0.2) is 0 Å². The number of rotatable bonds is 2. The fourth-order valence-corrected chi connectivity index (χ4v) is 0.465. The van der Waals surface area contributed by atoms with Crippen molar-refractivity contribution in [3.63, 3.8) is 0 Å². The van der Waals surface area contributed by atoms with E-state index in [0.29, 0.717) is 6.42 Å². The lowest BCUT2D eigenvalue weighted by Gasteiger charge is -2.14. The molecule has 0 unspecified atom stereocenters. The molecule has 0 aliphatic rings. The molecule has 0 aliphatic heterocycles. The molecule has 0 spiro atoms. The highest BCUT2D eigenvalue weighted by molar-refractivity contribution is 9.18. The average molecular weight is 189 g/mol. The third-order valence-electron chi connectivity index (χ3n) is 1.08. The Kier molecular flexibility index (Phi) is 2.93. The molecule has 0 atom stereocenters. The van der Waals surface area contributed by atoms with Crippen molar-refractivity contribution in [3.8, 4) is 12.3 Å². The van der Waals surface area contributed by atoms with Crippen LogP contribution in [0.4, 0.5) is 0 Å². The van der Waals surface area contributed by atoms with Gasteiger partial charge in [0.2, 0.25) is 4.69 Å². The van der Waals surface area contributed by atoms with Gasteiger partial charge in [-0.25, -0.2) is 0 Å². The first-order valence-electron chi connectivity index (χ1n) is 2.64. The minimum Gasteiger partial charge on any atom is -0.286 e. The molecule has 0 saturated carbocycles. The summed E-state index contributed by atoms with van der Waals surface area (Å²) in [5.74, 6) is 2.44. The second-order valence-electron chi connectivity index (χ2n) is 2.54. The first-order valence-corrected chi connectivity index (χ1v) is 3.43. The summed E-state index contributed by atoms with van der Waals surface area (Å²) >= 11 is 2.86. The summed E-state index contributed by atoms with van der Waals surface area (Å²) in [6, 6.07) is 0. The van der Waals surface area contributed by atoms with Crippen LogP contribution in [0.3, 0.4) is 0 Å². The maximum absolute atomic E-state index is 10.7. The third-order valence-corrected chi connectivity index (χ3v) is 2.15. The zero-order valence-electron chi connectivity index (χ0n) is 5.57. The first-order chi connectivity index (χ1) is 4.00. The van der Waals surface area contributed by atoms with E-state index in [-0.39, 0.29) is 4.69 Å². The molecule has 9 heavy (non-hydrogen) atoms. The van der Waals surface area contributed by atoms with Gasteiger partial charge in [0, 0.05) is 11.8 Å². The van der Waals surface area contributed by atoms with E-state index < -0.39 is 5.41 Å². The molecule has 0 heterocycles. The van der Waals surface area contributed by atoms with Crippen molar-refractivity contribution in [2.75, 3.05) is 0 Å². The van der Waals surface area contributed by atoms with Gasteiger partial charge in [-0.2, -0.15) is 0 Å². The molecule has 0 aromatic carbocycles. The van der Waals surface area contributed by atoms with Crippen LogP contribution in [-0.4, -0.2) is 4.69 Å². The molecular formula is C7H9BrO. The number of hydrogen-bond donors (Lipinski definition) is 0. The molecule has 0 fully saturated rings. The highest BCUT2D eigenvalue weighted by atomic mass is 79.9. The van der Waals surface area contributed by atoms with Crippen molar-refractivity contribution < 1.29 is 4.79 Å². The van der Waals surface area contributed by atoms with Crippen molar-refractivity contribution in [1.82, 2.24) is 0 Å². The van der Waals surface area contributed by atoms with Crippen LogP contribution in [0, 0.1) is 17.8 Å². The molecule has 0 bridgehead atoms. The van der Waals surface area contributed by atoms with Gasteiger partial charge in [-0.1, -0.05) is 13.8 Å². The summed E-state index contributed by atoms with van der Waals surface area (Å²) in [4.78, 5) is 10.7. The van der Waals surface area contributed by atoms with E-state index in [1.165, 1.54) is 0 Å². The van der Waals surface area contributed by atoms with Crippen LogP contribution in [0.1, 0.15) is 20.3 Å². The molecule has 0 aromatic heterocycles. The largest absolute Gasteiger partial charge is 0.286 e. The maximum atomic E-state index is 10.7. The van der Waals surface area contributed by atoms with Crippen LogP contribution < -0.4 is 0 Å². The van der Waals surface area contributed by atoms with Gasteiger partial charge in [0.1, 0.15) is 0 Å². The highest BCUT2D eigenvalue weighted by Gasteiger charge is 2.23. The van der Waals surface area contributed by atoms with Crippen LogP contribution in [0.25, 0.3) is 0 Å². The van der Waals surface area contributed by atoms with E-state index in [0.717, 1.165) is 0 Å². The molecule has 0 amide bonds. The molecule has 0 radical (unpaired) electrons. The SMILES string of the molecule is C#CCC(C)(C)C(=O)Br. The molecule has 0 saturated heterocycles. The van der Waals surface area contributed by atoms with E-state index >= 15 is 0 Å². The Hall–Kier alpha value is -0.290. The number of halogens is 1. The number of terminal acetylenes is 1. The number of carbonyl (C=O) groups is 1. The minimum absolute atomic E-state index is 0.0343. The zero-order valence-corrected chi connectivity index (χ0v) is 7.16. The molecule has 0 rings (SSSR count). The van der Waals surface area contributed by atoms with Crippen molar-refractivity contribution in [2.24, 2.45) is 5.41 Å². The first kappa shape index (κ1) is 8.71. The number of carbonyl (C=O) groups excluding carboxylic acids is 1. The lowest BCUT2D eigenvalue weighted by Crippen LogP contribution is -2.17. The normalized spacial score (nSPS) is 10.4. The van der Waals surface area contributed by atoms with E-state index in [1.807, 2.05) is 13.8 Å². The van der Waals surface area contributed by atoms with E-state index in [1.54, 1.807) is 0 Å². The Morgan fingerprint density at radius 3 is 2.33 bits per heavy atom. The lowest BCUT2D eigenvalue weighted by molar-refractivity contribution is -0.117. The lowest BCUT2D eigenvalue weighted by atomic mass is 9.92. The van der Waals surface area contributed by atoms with Crippen LogP contribution >= 0.6 is 15.9 Å². The molecule has 50 valence electrons. The Bertz CT molecular complexity index is 153. The van der Waals surface area contributed by atoms with Crippen LogP contribution in [0.2, 0.25) is 0 Å². The highest BCUT2D eigenvalue weighted by Crippen LogP contribution is 2.23. The summed E-state index contributed by atoms with van der Waals surface area (Å²) in [6.45, 7) is 3.62. The van der Waals surface area contributed by atoms with E-state index in [9.17, 15) is 4.79 Å². The van der Waals surface area contributed by atoms with Gasteiger partial charge < -0.3 is 0 Å². The van der Waals surface area contributed by atoms with E-state index in [2.05, 4.69) is 21.9 Å². The maximum Gasteiger partial charge on any atom is 0.204 e. The van der Waals surface area contributed by atoms with Gasteiger partial charge in [-0.3, -0.25) is 4.79 Å². The van der Waals surface area contributed by atoms with Crippen LogP contribution in [-0.2, 0) is 4.79 Å². The predicted octanol–water partition coefficient (Wildman–Crippen LogP) is 1.96. The fraction of sp³-hybridized carbons (Fsp3) is 0.571. The van der Waals surface area contributed by atoms with Gasteiger partial charge in [-0.15, -0.1) is 12.3 Å². The van der Waals surface area contributed by atoms with Gasteiger partial charge in [0.05, 0.1) is 0 Å². The summed E-state index contributed by atoms with van der Waals surface area (Å²) in [5.41, 5.74) is -0.408. The summed E-state index contributed by atoms with van der Waals surface area (Å²) in [5, 5.41) is 0. The summed E-state index contributed by atoms with van der Waals surface area (Å²) in [7, 11) is 0. The Morgan fingerprint density at radius 2 is 2.22 bits per heavy atom. The van der Waals surface area contributed by atoms with Gasteiger partial charge >= 0.3 is 0 Å². The standard InChI is InChI=1S/C7H9BrO/c1-4-5-7(2,3)6(8)9/h1H,5H2,2-3H3. The Balaban J connectivity index is 4.06. The van der Waals surface area contributed by atoms with Gasteiger partial charge in [-0.05, 0) is 15.9 Å². The van der Waals surface area contributed by atoms with Gasteiger partial charge in [0.15, 0.2) is 0 Å². The topological polar surface area (TPSA) is 17.1 Å². The second kappa shape index (κ2) is 3.03. The molecule has 2 heteroatoms. The van der Waals surface area contributed by atoms with E-state index in [4.69, 9.17) is 6.42 Å². The smallest absolute Gasteiger partial charge is 0.204 e. The number of hydrogen-bond acceptors (Lipinski definition) is 1. The Morgan fingerprint density at radius 1 is 1.78 bits per heavy atom. The monoisotopic (exact) mass is 188 g/mol. The van der Waals surface area contributed by atoms with Crippen molar-refractivity contribution in [3.05, 3.63) is 0 Å². The molecule has 0 aliphatic carbocycles. The van der Waals surface area contributed by atoms with Crippen molar-refractivity contribution >= 4 is 20.6 Å². The summed E-state index contributed by atoms with van der Waals surface area (Å²) < 4.78 is -0.0343. The zero-order chi connectivity index (χ0) is 7.49. The molecular weight excluding hydrogens is 180 g/mol. The fourth-order valence-electron chi connectivity index (χ4n) is 0.325. The van der Waals surface area contributed by atoms with Crippen molar-refractivity contribution in [1.29, 1.82) is 0 Å². The molecule has 0 aromatic rings. The van der Waals surface area contributed by atoms with Gasteiger partial charge in [0.25, 0.3) is 0 Å². The quantitative estimate of drug-likeness (QED) is 0.479. The Labute approximate surface area is 64.0 Å². The third kappa shape index (κ3) is 2.67. The van der Waals surface area contributed by atoms with Crippen LogP contribution in [0.5, 0.6) is 0 Å². The second-order valence-corrected chi connectivity index (χ2v) is 3.26. The van der Waals surface area contributed by atoms with Crippen molar-refractivity contribution in [2.45, 2.75) is 20.3 Å². The molecule has 0 N–H and O–H groups in total. The average Bonchev–Trinajstić information content (AvgIpc) is 1.65. The molecule has 1 nitrogen and oxygen atoms in total.